The van der Waals surface area contributed by atoms with Gasteiger partial charge in [0.25, 0.3) is 0 Å². The standard InChI is InChI=1S/C14H21ClO4S/c1-3-5-13(11-20(15,16)17)10-19-9-12-6-4-7-14(8-12)18-2/h4,6-8,13H,3,5,9-11H2,1-2H3. The van der Waals surface area contributed by atoms with Crippen molar-refractivity contribution in [3.05, 3.63) is 29.8 Å². The lowest BCUT2D eigenvalue weighted by Gasteiger charge is -2.14. The van der Waals surface area contributed by atoms with E-state index in [-0.39, 0.29) is 11.7 Å². The molecular formula is C14H21ClO4S. The first kappa shape index (κ1) is 17.3. The van der Waals surface area contributed by atoms with E-state index in [9.17, 15) is 8.42 Å². The van der Waals surface area contributed by atoms with Crippen LogP contribution in [0.3, 0.4) is 0 Å². The Hall–Kier alpha value is -0.780. The topological polar surface area (TPSA) is 52.6 Å². The van der Waals surface area contributed by atoms with Crippen LogP contribution in [0, 0.1) is 5.92 Å². The van der Waals surface area contributed by atoms with E-state index in [1.807, 2.05) is 31.2 Å². The molecule has 0 spiro atoms. The predicted molar refractivity (Wildman–Crippen MR) is 80.7 cm³/mol. The molecule has 1 atom stereocenters. The van der Waals surface area contributed by atoms with E-state index < -0.39 is 9.05 Å². The number of hydrogen-bond acceptors (Lipinski definition) is 4. The van der Waals surface area contributed by atoms with Gasteiger partial charge in [-0.15, -0.1) is 0 Å². The van der Waals surface area contributed by atoms with Crippen LogP contribution >= 0.6 is 10.7 Å². The Labute approximate surface area is 125 Å². The van der Waals surface area contributed by atoms with Crippen LogP contribution in [0.1, 0.15) is 25.3 Å². The van der Waals surface area contributed by atoms with Crippen molar-refractivity contribution in [2.24, 2.45) is 5.92 Å². The van der Waals surface area contributed by atoms with Gasteiger partial charge >= 0.3 is 0 Å². The monoisotopic (exact) mass is 320 g/mol. The lowest BCUT2D eigenvalue weighted by molar-refractivity contribution is 0.0901. The summed E-state index contributed by atoms with van der Waals surface area (Å²) in [4.78, 5) is 0. The summed E-state index contributed by atoms with van der Waals surface area (Å²) in [6.45, 7) is 2.83. The zero-order valence-corrected chi connectivity index (χ0v) is 13.4. The fraction of sp³-hybridized carbons (Fsp3) is 0.571. The Balaban J connectivity index is 2.47. The molecule has 20 heavy (non-hydrogen) atoms. The lowest BCUT2D eigenvalue weighted by atomic mass is 10.1. The number of rotatable bonds is 9. The minimum atomic E-state index is -3.48. The van der Waals surface area contributed by atoms with Gasteiger partial charge in [-0.05, 0) is 30.0 Å². The maximum absolute atomic E-state index is 11.1. The van der Waals surface area contributed by atoms with E-state index in [1.165, 1.54) is 0 Å². The zero-order chi connectivity index (χ0) is 15.0. The lowest BCUT2D eigenvalue weighted by Crippen LogP contribution is -2.18. The molecule has 1 rings (SSSR count). The normalized spacial score (nSPS) is 13.2. The van der Waals surface area contributed by atoms with Gasteiger partial charge < -0.3 is 9.47 Å². The number of methoxy groups -OCH3 is 1. The van der Waals surface area contributed by atoms with Crippen LogP contribution in [0.4, 0.5) is 0 Å². The number of halogens is 1. The van der Waals surface area contributed by atoms with Crippen LogP contribution in [-0.2, 0) is 20.4 Å². The van der Waals surface area contributed by atoms with Gasteiger partial charge in [0, 0.05) is 10.7 Å². The molecule has 4 nitrogen and oxygen atoms in total. The first-order valence-corrected chi connectivity index (χ1v) is 9.05. The fourth-order valence-electron chi connectivity index (χ4n) is 2.01. The highest BCUT2D eigenvalue weighted by Gasteiger charge is 2.16. The van der Waals surface area contributed by atoms with Gasteiger partial charge in [-0.1, -0.05) is 25.5 Å². The summed E-state index contributed by atoms with van der Waals surface area (Å²) in [5.74, 6) is 0.674. The third kappa shape index (κ3) is 7.12. The van der Waals surface area contributed by atoms with Crippen LogP contribution < -0.4 is 4.74 Å². The largest absolute Gasteiger partial charge is 0.497 e. The maximum atomic E-state index is 11.1. The SMILES string of the molecule is CCCC(COCc1cccc(OC)c1)CS(=O)(=O)Cl. The first-order valence-electron chi connectivity index (χ1n) is 6.57. The first-order chi connectivity index (χ1) is 9.44. The van der Waals surface area contributed by atoms with E-state index in [0.29, 0.717) is 13.2 Å². The minimum Gasteiger partial charge on any atom is -0.497 e. The number of hydrogen-bond donors (Lipinski definition) is 0. The van der Waals surface area contributed by atoms with Gasteiger partial charge in [0.1, 0.15) is 5.75 Å². The molecular weight excluding hydrogens is 300 g/mol. The second kappa shape index (κ2) is 8.49. The van der Waals surface area contributed by atoms with Crippen molar-refractivity contribution in [2.75, 3.05) is 19.5 Å². The highest BCUT2D eigenvalue weighted by atomic mass is 35.7. The maximum Gasteiger partial charge on any atom is 0.232 e. The molecule has 0 heterocycles. The molecule has 0 radical (unpaired) electrons. The molecule has 1 aromatic rings. The third-order valence-electron chi connectivity index (χ3n) is 2.89. The molecule has 1 unspecified atom stereocenters. The second-order valence-electron chi connectivity index (χ2n) is 4.73. The second-order valence-corrected chi connectivity index (χ2v) is 7.55. The van der Waals surface area contributed by atoms with Crippen molar-refractivity contribution in [1.82, 2.24) is 0 Å². The van der Waals surface area contributed by atoms with Crippen LogP contribution in [0.15, 0.2) is 24.3 Å². The Morgan fingerprint density at radius 2 is 2.10 bits per heavy atom. The van der Waals surface area contributed by atoms with E-state index in [0.717, 1.165) is 24.2 Å². The van der Waals surface area contributed by atoms with Gasteiger partial charge in [-0.25, -0.2) is 8.42 Å². The van der Waals surface area contributed by atoms with Crippen LogP contribution in [0.2, 0.25) is 0 Å². The van der Waals surface area contributed by atoms with Gasteiger partial charge in [0.2, 0.25) is 9.05 Å². The summed E-state index contributed by atoms with van der Waals surface area (Å²) in [6, 6.07) is 7.59. The third-order valence-corrected chi connectivity index (χ3v) is 4.14. The Bertz CT molecular complexity index is 502. The predicted octanol–water partition coefficient (Wildman–Crippen LogP) is 3.20. The van der Waals surface area contributed by atoms with Gasteiger partial charge in [-0.2, -0.15) is 0 Å². The van der Waals surface area contributed by atoms with Crippen molar-refractivity contribution in [1.29, 1.82) is 0 Å². The zero-order valence-electron chi connectivity index (χ0n) is 11.8. The smallest absolute Gasteiger partial charge is 0.232 e. The molecule has 0 fully saturated rings. The molecule has 0 aromatic heterocycles. The summed E-state index contributed by atoms with van der Waals surface area (Å²) in [6.07, 6.45) is 1.68. The summed E-state index contributed by atoms with van der Waals surface area (Å²) >= 11 is 0. The van der Waals surface area contributed by atoms with E-state index >= 15 is 0 Å². The molecule has 0 aliphatic rings. The average Bonchev–Trinajstić information content (AvgIpc) is 2.37. The van der Waals surface area contributed by atoms with Crippen LogP contribution in [-0.4, -0.2) is 27.9 Å². The summed E-state index contributed by atoms with van der Waals surface area (Å²) in [7, 11) is 3.43. The summed E-state index contributed by atoms with van der Waals surface area (Å²) < 4.78 is 33.0. The minimum absolute atomic E-state index is 0.0412. The van der Waals surface area contributed by atoms with Gasteiger partial charge in [0.05, 0.1) is 26.1 Å². The quantitative estimate of drug-likeness (QED) is 0.656. The van der Waals surface area contributed by atoms with E-state index in [2.05, 4.69) is 0 Å². The number of ether oxygens (including phenoxy) is 2. The van der Waals surface area contributed by atoms with E-state index in [4.69, 9.17) is 20.2 Å². The molecule has 114 valence electrons. The molecule has 0 aliphatic carbocycles. The molecule has 1 aromatic carbocycles. The highest BCUT2D eigenvalue weighted by Crippen LogP contribution is 2.16. The van der Waals surface area contributed by atoms with Gasteiger partial charge in [0.15, 0.2) is 0 Å². The number of benzene rings is 1. The van der Waals surface area contributed by atoms with Crippen LogP contribution in [0.5, 0.6) is 5.75 Å². The molecule has 0 amide bonds. The Morgan fingerprint density at radius 1 is 1.35 bits per heavy atom. The molecule has 0 N–H and O–H groups in total. The van der Waals surface area contributed by atoms with Crippen molar-refractivity contribution in [2.45, 2.75) is 26.4 Å². The van der Waals surface area contributed by atoms with Crippen molar-refractivity contribution >= 4 is 19.7 Å². The molecule has 0 saturated carbocycles. The van der Waals surface area contributed by atoms with E-state index in [1.54, 1.807) is 7.11 Å². The molecule has 0 saturated heterocycles. The van der Waals surface area contributed by atoms with Gasteiger partial charge in [-0.3, -0.25) is 0 Å². The van der Waals surface area contributed by atoms with Crippen molar-refractivity contribution < 1.29 is 17.9 Å². The highest BCUT2D eigenvalue weighted by molar-refractivity contribution is 8.13. The Morgan fingerprint density at radius 3 is 2.70 bits per heavy atom. The van der Waals surface area contributed by atoms with Crippen molar-refractivity contribution in [3.8, 4) is 5.75 Å². The van der Waals surface area contributed by atoms with Crippen LogP contribution in [0.25, 0.3) is 0 Å². The summed E-state index contributed by atoms with van der Waals surface area (Å²) in [5.41, 5.74) is 0.994. The fourth-order valence-corrected chi connectivity index (χ4v) is 3.37. The Kier molecular flexibility index (Phi) is 7.34. The average molecular weight is 321 g/mol. The molecule has 6 heteroatoms. The van der Waals surface area contributed by atoms with Crippen molar-refractivity contribution in [3.63, 3.8) is 0 Å². The molecule has 0 aliphatic heterocycles. The molecule has 0 bridgehead atoms. The summed E-state index contributed by atoms with van der Waals surface area (Å²) in [5, 5.41) is 0.